The summed E-state index contributed by atoms with van der Waals surface area (Å²) in [5.74, 6) is -0.0899. The van der Waals surface area contributed by atoms with Crippen LogP contribution in [-0.4, -0.2) is 9.91 Å². The van der Waals surface area contributed by atoms with Crippen LogP contribution in [-0.2, 0) is 0 Å². The zero-order chi connectivity index (χ0) is 10.0. The van der Waals surface area contributed by atoms with Crippen LogP contribution in [0.3, 0.4) is 0 Å². The van der Waals surface area contributed by atoms with Crippen LogP contribution in [0, 0.1) is 10.1 Å². The van der Waals surface area contributed by atoms with E-state index in [0.717, 1.165) is 5.56 Å². The first-order chi connectivity index (χ1) is 6.04. The molecular weight excluding hydrogens is 170 g/mol. The van der Waals surface area contributed by atoms with Crippen LogP contribution in [0.1, 0.15) is 25.3 Å². The van der Waals surface area contributed by atoms with Gasteiger partial charge in [0.1, 0.15) is 11.9 Å². The molecule has 0 aliphatic heterocycles. The number of nitrogens with zero attached hydrogens (tertiary/aromatic N) is 2. The van der Waals surface area contributed by atoms with Gasteiger partial charge in [0, 0.05) is 0 Å². The van der Waals surface area contributed by atoms with Gasteiger partial charge in [-0.25, -0.2) is 0 Å². The predicted octanol–water partition coefficient (Wildman–Crippen LogP) is 1.70. The molecule has 0 saturated heterocycles. The number of nitrogen functional groups attached to an aromatic ring is 1. The Labute approximate surface area is 75.7 Å². The van der Waals surface area contributed by atoms with Gasteiger partial charge in [-0.05, 0) is 27.5 Å². The topological polar surface area (TPSA) is 82.0 Å². The molecule has 1 aromatic rings. The molecule has 0 saturated carbocycles. The van der Waals surface area contributed by atoms with Gasteiger partial charge in [-0.15, -0.1) is 0 Å². The number of hydrogen-bond acceptors (Lipinski definition) is 4. The van der Waals surface area contributed by atoms with Gasteiger partial charge in [0.15, 0.2) is 0 Å². The summed E-state index contributed by atoms with van der Waals surface area (Å²) in [4.78, 5) is 13.5. The van der Waals surface area contributed by atoms with Crippen molar-refractivity contribution in [3.63, 3.8) is 0 Å². The number of nitro groups is 1. The molecule has 0 radical (unpaired) electrons. The summed E-state index contributed by atoms with van der Waals surface area (Å²) < 4.78 is 0. The van der Waals surface area contributed by atoms with Crippen LogP contribution in [0.2, 0.25) is 0 Å². The lowest BCUT2D eigenvalue weighted by atomic mass is 10.0. The molecule has 2 N–H and O–H groups in total. The Bertz CT molecular complexity index is 336. The zero-order valence-electron chi connectivity index (χ0n) is 7.52. The van der Waals surface area contributed by atoms with Crippen LogP contribution < -0.4 is 5.73 Å². The molecule has 0 atom stereocenters. The lowest BCUT2D eigenvalue weighted by Crippen LogP contribution is -2.03. The lowest BCUT2D eigenvalue weighted by molar-refractivity contribution is -0.388. The van der Waals surface area contributed by atoms with Gasteiger partial charge in [-0.2, -0.15) is 0 Å². The van der Waals surface area contributed by atoms with Crippen molar-refractivity contribution >= 4 is 11.5 Å². The second-order valence-electron chi connectivity index (χ2n) is 3.05. The number of rotatable bonds is 2. The van der Waals surface area contributed by atoms with Crippen molar-refractivity contribution in [2.45, 2.75) is 19.8 Å². The van der Waals surface area contributed by atoms with E-state index in [1.807, 2.05) is 13.8 Å². The third-order valence-electron chi connectivity index (χ3n) is 1.80. The molecule has 5 nitrogen and oxygen atoms in total. The van der Waals surface area contributed by atoms with E-state index in [9.17, 15) is 10.1 Å². The maximum Gasteiger partial charge on any atom is 0.386 e. The van der Waals surface area contributed by atoms with E-state index in [1.54, 1.807) is 6.07 Å². The number of hydrogen-bond donors (Lipinski definition) is 1. The van der Waals surface area contributed by atoms with Gasteiger partial charge in [0.2, 0.25) is 0 Å². The van der Waals surface area contributed by atoms with Crippen LogP contribution >= 0.6 is 0 Å². The monoisotopic (exact) mass is 181 g/mol. The van der Waals surface area contributed by atoms with Crippen LogP contribution in [0.25, 0.3) is 0 Å². The number of nitrogens with two attached hydrogens (primary N) is 1. The fourth-order valence-electron chi connectivity index (χ4n) is 1.13. The fraction of sp³-hybridized carbons (Fsp3) is 0.375. The Hall–Kier alpha value is -1.65. The Morgan fingerprint density at radius 1 is 1.62 bits per heavy atom. The molecule has 1 heterocycles. The van der Waals surface area contributed by atoms with E-state index in [0.29, 0.717) is 0 Å². The summed E-state index contributed by atoms with van der Waals surface area (Å²) in [7, 11) is 0. The van der Waals surface area contributed by atoms with Crippen molar-refractivity contribution in [2.75, 3.05) is 5.73 Å². The highest BCUT2D eigenvalue weighted by molar-refractivity contribution is 5.59. The molecule has 1 aromatic heterocycles. The molecule has 0 fully saturated rings. The fourth-order valence-corrected chi connectivity index (χ4v) is 1.13. The van der Waals surface area contributed by atoms with Gasteiger partial charge in [-0.1, -0.05) is 13.8 Å². The molecular formula is C8H11N3O2. The average Bonchev–Trinajstić information content (AvgIpc) is 2.03. The highest BCUT2D eigenvalue weighted by atomic mass is 16.6. The minimum absolute atomic E-state index is 0.168. The normalized spacial score (nSPS) is 10.4. The summed E-state index contributed by atoms with van der Waals surface area (Å²) in [5.41, 5.74) is 6.52. The quantitative estimate of drug-likeness (QED) is 0.556. The maximum absolute atomic E-state index is 10.5. The molecule has 5 heteroatoms. The molecule has 0 unspecified atom stereocenters. The molecule has 0 spiro atoms. The molecule has 0 aromatic carbocycles. The standard InChI is InChI=1S/C8H11N3O2/c1-5(2)6-3-4-10-8(7(6)9)11(12)13/h3-5H,9H2,1-2H3. The van der Waals surface area contributed by atoms with Gasteiger partial charge >= 0.3 is 5.82 Å². The molecule has 13 heavy (non-hydrogen) atoms. The Morgan fingerprint density at radius 2 is 2.23 bits per heavy atom. The summed E-state index contributed by atoms with van der Waals surface area (Å²) in [6, 6.07) is 1.70. The number of anilines is 1. The van der Waals surface area contributed by atoms with E-state index in [2.05, 4.69) is 4.98 Å². The van der Waals surface area contributed by atoms with E-state index >= 15 is 0 Å². The van der Waals surface area contributed by atoms with Gasteiger partial charge in [0.25, 0.3) is 0 Å². The summed E-state index contributed by atoms with van der Waals surface area (Å²) in [6.45, 7) is 3.85. The summed E-state index contributed by atoms with van der Waals surface area (Å²) in [5, 5.41) is 10.5. The van der Waals surface area contributed by atoms with Crippen molar-refractivity contribution in [2.24, 2.45) is 0 Å². The SMILES string of the molecule is CC(C)c1ccnc([N+](=O)[O-])c1N. The van der Waals surface area contributed by atoms with Gasteiger partial charge < -0.3 is 15.8 Å². The molecule has 0 aliphatic rings. The Kier molecular flexibility index (Phi) is 2.46. The van der Waals surface area contributed by atoms with Gasteiger partial charge in [-0.3, -0.25) is 0 Å². The number of aromatic nitrogens is 1. The zero-order valence-corrected chi connectivity index (χ0v) is 7.52. The molecule has 70 valence electrons. The minimum atomic E-state index is -0.568. The smallest absolute Gasteiger partial charge is 0.386 e. The van der Waals surface area contributed by atoms with Crippen molar-refractivity contribution < 1.29 is 4.92 Å². The lowest BCUT2D eigenvalue weighted by Gasteiger charge is -2.07. The van der Waals surface area contributed by atoms with Gasteiger partial charge in [0.05, 0.1) is 0 Å². The van der Waals surface area contributed by atoms with E-state index in [-0.39, 0.29) is 17.4 Å². The minimum Gasteiger partial charge on any atom is -0.392 e. The first-order valence-corrected chi connectivity index (χ1v) is 3.92. The highest BCUT2D eigenvalue weighted by Crippen LogP contribution is 2.27. The van der Waals surface area contributed by atoms with Crippen molar-refractivity contribution in [1.29, 1.82) is 0 Å². The first kappa shape index (κ1) is 9.44. The molecule has 0 amide bonds. The third-order valence-corrected chi connectivity index (χ3v) is 1.80. The van der Waals surface area contributed by atoms with Crippen LogP contribution in [0.4, 0.5) is 11.5 Å². The second kappa shape index (κ2) is 3.38. The summed E-state index contributed by atoms with van der Waals surface area (Å²) >= 11 is 0. The third kappa shape index (κ3) is 1.74. The second-order valence-corrected chi connectivity index (χ2v) is 3.05. The predicted molar refractivity (Wildman–Crippen MR) is 49.4 cm³/mol. The maximum atomic E-state index is 10.5. The molecule has 0 aliphatic carbocycles. The number of pyridine rings is 1. The van der Waals surface area contributed by atoms with E-state index < -0.39 is 4.92 Å². The van der Waals surface area contributed by atoms with Crippen LogP contribution in [0.15, 0.2) is 12.3 Å². The molecule has 0 bridgehead atoms. The first-order valence-electron chi connectivity index (χ1n) is 3.92. The van der Waals surface area contributed by atoms with Crippen molar-refractivity contribution in [3.8, 4) is 0 Å². The Balaban J connectivity index is 3.26. The highest BCUT2D eigenvalue weighted by Gasteiger charge is 2.17. The van der Waals surface area contributed by atoms with Crippen LogP contribution in [0.5, 0.6) is 0 Å². The largest absolute Gasteiger partial charge is 0.392 e. The van der Waals surface area contributed by atoms with Crippen molar-refractivity contribution in [3.05, 3.63) is 27.9 Å². The Morgan fingerprint density at radius 3 is 2.69 bits per heavy atom. The average molecular weight is 181 g/mol. The van der Waals surface area contributed by atoms with E-state index in [1.165, 1.54) is 6.20 Å². The van der Waals surface area contributed by atoms with Crippen molar-refractivity contribution in [1.82, 2.24) is 4.98 Å². The van der Waals surface area contributed by atoms with E-state index in [4.69, 9.17) is 5.73 Å². The molecule has 1 rings (SSSR count). The summed E-state index contributed by atoms with van der Waals surface area (Å²) in [6.07, 6.45) is 1.41.